The molecule has 46 heavy (non-hydrogen) atoms. The number of rotatable bonds is 10. The number of hydrogen-bond acceptors (Lipinski definition) is 8. The fourth-order valence-corrected chi connectivity index (χ4v) is 6.43. The Morgan fingerprint density at radius 2 is 1.59 bits per heavy atom. The second-order valence-electron chi connectivity index (χ2n) is 13.4. The summed E-state index contributed by atoms with van der Waals surface area (Å²) in [5.41, 5.74) is 4.47. The molecule has 5 rings (SSSR count). The maximum atomic E-state index is 13.2. The Bertz CT molecular complexity index is 1700. The zero-order valence-corrected chi connectivity index (χ0v) is 29.3. The van der Waals surface area contributed by atoms with E-state index in [-0.39, 0.29) is 11.6 Å². The fourth-order valence-electron chi connectivity index (χ4n) is 5.13. The van der Waals surface area contributed by atoms with Crippen LogP contribution in [0.2, 0.25) is 23.3 Å². The van der Waals surface area contributed by atoms with E-state index in [4.69, 9.17) is 30.2 Å². The van der Waals surface area contributed by atoms with Crippen LogP contribution in [-0.2, 0) is 25.1 Å². The Morgan fingerprint density at radius 1 is 0.978 bits per heavy atom. The molecule has 0 amide bonds. The number of fused-ring (bicyclic) bond motifs is 1. The largest absolute Gasteiger partial charge is 0.459 e. The van der Waals surface area contributed by atoms with Crippen LogP contribution in [0.1, 0.15) is 70.8 Å². The van der Waals surface area contributed by atoms with Gasteiger partial charge < -0.3 is 23.2 Å². The van der Waals surface area contributed by atoms with Gasteiger partial charge in [0, 0.05) is 19.2 Å². The first-order chi connectivity index (χ1) is 21.7. The highest BCUT2D eigenvalue weighted by Gasteiger charge is 2.41. The van der Waals surface area contributed by atoms with Gasteiger partial charge in [-0.2, -0.15) is 0 Å². The molecule has 0 bridgehead atoms. The second kappa shape index (κ2) is 13.7. The summed E-state index contributed by atoms with van der Waals surface area (Å²) < 4.78 is 26.5. The molecule has 11 heteroatoms. The number of carbonyl (C=O) groups excluding carboxylic acids is 2. The lowest BCUT2D eigenvalue weighted by atomic mass is 10.1. The summed E-state index contributed by atoms with van der Waals surface area (Å²) in [6.45, 7) is 15.4. The Labute approximate surface area is 276 Å². The monoisotopic (exact) mass is 663 g/mol. The maximum absolute atomic E-state index is 13.2. The van der Waals surface area contributed by atoms with Gasteiger partial charge in [0.2, 0.25) is 0 Å². The number of ether oxygens (including phenoxy) is 3. The topological polar surface area (TPSA) is 102 Å². The van der Waals surface area contributed by atoms with E-state index < -0.39 is 38.7 Å². The number of aryl methyl sites for hydroxylation is 2. The van der Waals surface area contributed by atoms with Crippen molar-refractivity contribution in [1.82, 2.24) is 14.5 Å². The van der Waals surface area contributed by atoms with E-state index in [1.165, 1.54) is 6.33 Å². The summed E-state index contributed by atoms with van der Waals surface area (Å²) in [5, 5.41) is 1.16. The molecule has 1 saturated heterocycles. The average Bonchev–Trinajstić information content (AvgIpc) is 3.57. The van der Waals surface area contributed by atoms with Crippen molar-refractivity contribution in [3.63, 3.8) is 0 Å². The minimum Gasteiger partial charge on any atom is -0.459 e. The van der Waals surface area contributed by atoms with E-state index >= 15 is 0 Å². The van der Waals surface area contributed by atoms with Gasteiger partial charge in [0.05, 0.1) is 16.5 Å². The van der Waals surface area contributed by atoms with Gasteiger partial charge in [-0.05, 0) is 68.2 Å². The zero-order valence-electron chi connectivity index (χ0n) is 27.5. The molecule has 3 atom stereocenters. The molecule has 0 saturated carbocycles. The minimum atomic E-state index is -1.96. The molecule has 0 radical (unpaired) electrons. The standard InChI is InChI=1S/C35H42ClN3O6Si/c1-22-8-12-24(13-9-22)33(40)42-20-28-27(45-34(41)25-14-10-23(2)11-15-25)18-29(44-28)39-19-26(30-31(36)37-21-38-32(30)39)16-17-43-46(6,7)35(3,4)5/h8-15,19,21,27-29H,16-18,20H2,1-7H3/t27-,28+,29+/m0/s1. The van der Waals surface area contributed by atoms with Crippen molar-refractivity contribution >= 4 is 42.9 Å². The summed E-state index contributed by atoms with van der Waals surface area (Å²) in [7, 11) is -1.96. The van der Waals surface area contributed by atoms with Crippen LogP contribution in [0.4, 0.5) is 0 Å². The summed E-state index contributed by atoms with van der Waals surface area (Å²) in [6, 6.07) is 14.3. The van der Waals surface area contributed by atoms with Crippen molar-refractivity contribution in [2.45, 2.75) is 84.0 Å². The predicted molar refractivity (Wildman–Crippen MR) is 180 cm³/mol. The van der Waals surface area contributed by atoms with Gasteiger partial charge >= 0.3 is 11.9 Å². The van der Waals surface area contributed by atoms with Gasteiger partial charge in [-0.3, -0.25) is 0 Å². The molecular weight excluding hydrogens is 622 g/mol. The molecule has 2 aromatic heterocycles. The molecule has 9 nitrogen and oxygen atoms in total. The van der Waals surface area contributed by atoms with Crippen LogP contribution in [0, 0.1) is 13.8 Å². The second-order valence-corrected chi connectivity index (χ2v) is 18.6. The molecule has 0 aliphatic carbocycles. The number of aromatic nitrogens is 3. The van der Waals surface area contributed by atoms with Crippen molar-refractivity contribution in [1.29, 1.82) is 0 Å². The quantitative estimate of drug-likeness (QED) is 0.0969. The fraction of sp³-hybridized carbons (Fsp3) is 0.429. The lowest BCUT2D eigenvalue weighted by molar-refractivity contribution is -0.0562. The van der Waals surface area contributed by atoms with Crippen LogP contribution >= 0.6 is 11.6 Å². The van der Waals surface area contributed by atoms with Gasteiger partial charge in [0.25, 0.3) is 0 Å². The van der Waals surface area contributed by atoms with E-state index in [1.807, 2.05) is 48.9 Å². The van der Waals surface area contributed by atoms with Crippen molar-refractivity contribution in [3.05, 3.63) is 94.0 Å². The smallest absolute Gasteiger partial charge is 0.338 e. The van der Waals surface area contributed by atoms with Gasteiger partial charge in [0.15, 0.2) is 8.32 Å². The Morgan fingerprint density at radius 3 is 2.20 bits per heavy atom. The Hall–Kier alpha value is -3.57. The lowest BCUT2D eigenvalue weighted by Crippen LogP contribution is -2.41. The van der Waals surface area contributed by atoms with Crippen LogP contribution in [0.25, 0.3) is 11.0 Å². The van der Waals surface area contributed by atoms with Crippen molar-refractivity contribution in [2.75, 3.05) is 13.2 Å². The number of nitrogens with zero attached hydrogens (tertiary/aromatic N) is 3. The van der Waals surface area contributed by atoms with E-state index in [0.717, 1.165) is 22.1 Å². The molecule has 1 fully saturated rings. The average molecular weight is 664 g/mol. The number of halogens is 1. The molecule has 0 spiro atoms. The number of benzene rings is 2. The number of hydrogen-bond donors (Lipinski definition) is 0. The van der Waals surface area contributed by atoms with Crippen LogP contribution < -0.4 is 0 Å². The lowest BCUT2D eigenvalue weighted by Gasteiger charge is -2.36. The molecule has 0 N–H and O–H groups in total. The molecule has 0 unspecified atom stereocenters. The zero-order chi connectivity index (χ0) is 33.2. The number of carbonyl (C=O) groups is 2. The van der Waals surface area contributed by atoms with E-state index in [0.29, 0.717) is 41.4 Å². The van der Waals surface area contributed by atoms with Crippen LogP contribution in [-0.4, -0.2) is 60.2 Å². The van der Waals surface area contributed by atoms with E-state index in [9.17, 15) is 9.59 Å². The highest BCUT2D eigenvalue weighted by molar-refractivity contribution is 6.74. The first-order valence-electron chi connectivity index (χ1n) is 15.5. The summed E-state index contributed by atoms with van der Waals surface area (Å²) in [5.74, 6) is -0.957. The third-order valence-corrected chi connectivity index (χ3v) is 13.8. The predicted octanol–water partition coefficient (Wildman–Crippen LogP) is 7.64. The minimum absolute atomic E-state index is 0.0857. The molecule has 2 aromatic carbocycles. The molecule has 1 aliphatic heterocycles. The van der Waals surface area contributed by atoms with Crippen molar-refractivity contribution in [2.24, 2.45) is 0 Å². The normalized spacial score (nSPS) is 18.6. The molecule has 4 aromatic rings. The maximum Gasteiger partial charge on any atom is 0.338 e. The van der Waals surface area contributed by atoms with Gasteiger partial charge in [-0.15, -0.1) is 0 Å². The highest BCUT2D eigenvalue weighted by atomic mass is 35.5. The van der Waals surface area contributed by atoms with Gasteiger partial charge in [-0.1, -0.05) is 67.8 Å². The van der Waals surface area contributed by atoms with Gasteiger partial charge in [-0.25, -0.2) is 19.6 Å². The first kappa shape index (κ1) is 33.8. The first-order valence-corrected chi connectivity index (χ1v) is 18.8. The molecule has 1 aliphatic rings. The summed E-state index contributed by atoms with van der Waals surface area (Å²) in [6.07, 6.45) is 2.34. The molecule has 3 heterocycles. The highest BCUT2D eigenvalue weighted by Crippen LogP contribution is 2.38. The van der Waals surface area contributed by atoms with Crippen LogP contribution in [0.5, 0.6) is 0 Å². The van der Waals surface area contributed by atoms with Crippen molar-refractivity contribution < 1.29 is 28.2 Å². The van der Waals surface area contributed by atoms with Crippen LogP contribution in [0.15, 0.2) is 61.1 Å². The van der Waals surface area contributed by atoms with E-state index in [2.05, 4.69) is 43.8 Å². The number of esters is 2. The SMILES string of the molecule is Cc1ccc(C(=O)OC[C@H]2O[C@@H](n3cc(CCO[Si](C)(C)C(C)(C)C)c4c(Cl)ncnc43)C[C@@H]2OC(=O)c2ccc(C)cc2)cc1. The van der Waals surface area contributed by atoms with Crippen LogP contribution in [0.3, 0.4) is 0 Å². The Kier molecular flexibility index (Phi) is 10.0. The third-order valence-electron chi connectivity index (χ3n) is 8.98. The van der Waals surface area contributed by atoms with E-state index in [1.54, 1.807) is 24.3 Å². The van der Waals surface area contributed by atoms with Crippen molar-refractivity contribution in [3.8, 4) is 0 Å². The Balaban J connectivity index is 1.39. The molecule has 244 valence electrons. The molecular formula is C35H42ClN3O6Si. The summed E-state index contributed by atoms with van der Waals surface area (Å²) in [4.78, 5) is 34.8. The summed E-state index contributed by atoms with van der Waals surface area (Å²) >= 11 is 6.62. The van der Waals surface area contributed by atoms with Gasteiger partial charge in [0.1, 0.15) is 42.2 Å². The third kappa shape index (κ3) is 7.52.